The first-order valence-corrected chi connectivity index (χ1v) is 7.45. The molecule has 1 unspecified atom stereocenters. The summed E-state index contributed by atoms with van der Waals surface area (Å²) in [6, 6.07) is 7.01. The minimum absolute atomic E-state index is 0.547. The van der Waals surface area contributed by atoms with Gasteiger partial charge in [0.2, 0.25) is 0 Å². The van der Waals surface area contributed by atoms with E-state index in [2.05, 4.69) is 60.2 Å². The summed E-state index contributed by atoms with van der Waals surface area (Å²) < 4.78 is 1.16. The Hall–Kier alpha value is -0.500. The fraction of sp³-hybridized carbons (Fsp3) is 0.600. The highest BCUT2D eigenvalue weighted by atomic mass is 79.9. The maximum absolute atomic E-state index is 3.61. The van der Waals surface area contributed by atoms with Crippen molar-refractivity contribution >= 4 is 21.6 Å². The third kappa shape index (κ3) is 5.58. The fourth-order valence-electron chi connectivity index (χ4n) is 1.95. The Morgan fingerprint density at radius 3 is 2.65 bits per heavy atom. The van der Waals surface area contributed by atoms with Gasteiger partial charge in [0.25, 0.3) is 0 Å². The standard InChI is InChI=1S/C15H24BrN/c1-4-5-6-7-8-13(3)17-15-10-9-12(2)11-14(15)16/h9-11,13,17H,4-8H2,1-3H3. The molecule has 0 aliphatic heterocycles. The van der Waals surface area contributed by atoms with E-state index in [4.69, 9.17) is 0 Å². The van der Waals surface area contributed by atoms with Crippen LogP contribution in [-0.2, 0) is 0 Å². The minimum atomic E-state index is 0.547. The van der Waals surface area contributed by atoms with Gasteiger partial charge in [0.1, 0.15) is 0 Å². The van der Waals surface area contributed by atoms with Gasteiger partial charge in [0.05, 0.1) is 0 Å². The topological polar surface area (TPSA) is 12.0 Å². The van der Waals surface area contributed by atoms with Crippen LogP contribution in [0.25, 0.3) is 0 Å². The average molecular weight is 298 g/mol. The molecule has 1 aromatic carbocycles. The predicted molar refractivity (Wildman–Crippen MR) is 80.7 cm³/mol. The van der Waals surface area contributed by atoms with Crippen LogP contribution >= 0.6 is 15.9 Å². The summed E-state index contributed by atoms with van der Waals surface area (Å²) in [7, 11) is 0. The first-order valence-electron chi connectivity index (χ1n) is 6.66. The molecule has 0 heterocycles. The van der Waals surface area contributed by atoms with Gasteiger partial charge < -0.3 is 5.32 Å². The molecule has 1 atom stereocenters. The van der Waals surface area contributed by atoms with Crippen LogP contribution in [0.3, 0.4) is 0 Å². The summed E-state index contributed by atoms with van der Waals surface area (Å²) >= 11 is 3.61. The maximum atomic E-state index is 3.61. The quantitative estimate of drug-likeness (QED) is 0.653. The molecule has 0 amide bonds. The normalized spacial score (nSPS) is 12.5. The Morgan fingerprint density at radius 1 is 1.24 bits per heavy atom. The second-order valence-corrected chi connectivity index (χ2v) is 5.73. The number of anilines is 1. The summed E-state index contributed by atoms with van der Waals surface area (Å²) in [6.45, 7) is 6.63. The zero-order chi connectivity index (χ0) is 12.7. The van der Waals surface area contributed by atoms with E-state index >= 15 is 0 Å². The Labute approximate surface area is 114 Å². The number of rotatable bonds is 7. The van der Waals surface area contributed by atoms with Crippen LogP contribution in [0.2, 0.25) is 0 Å². The van der Waals surface area contributed by atoms with Crippen molar-refractivity contribution in [2.24, 2.45) is 0 Å². The zero-order valence-electron chi connectivity index (χ0n) is 11.2. The van der Waals surface area contributed by atoms with Crippen molar-refractivity contribution in [2.45, 2.75) is 58.9 Å². The number of halogens is 1. The zero-order valence-corrected chi connectivity index (χ0v) is 12.8. The number of hydrogen-bond acceptors (Lipinski definition) is 1. The van der Waals surface area contributed by atoms with Gasteiger partial charge in [-0.25, -0.2) is 0 Å². The highest BCUT2D eigenvalue weighted by molar-refractivity contribution is 9.10. The van der Waals surface area contributed by atoms with Crippen molar-refractivity contribution in [1.82, 2.24) is 0 Å². The third-order valence-corrected chi connectivity index (χ3v) is 3.67. The molecule has 0 saturated heterocycles. The van der Waals surface area contributed by atoms with Crippen molar-refractivity contribution in [3.8, 4) is 0 Å². The molecule has 0 bridgehead atoms. The van der Waals surface area contributed by atoms with E-state index in [-0.39, 0.29) is 0 Å². The van der Waals surface area contributed by atoms with Gasteiger partial charge in [-0.05, 0) is 53.9 Å². The number of unbranched alkanes of at least 4 members (excludes halogenated alkanes) is 3. The molecule has 17 heavy (non-hydrogen) atoms. The first kappa shape index (κ1) is 14.6. The van der Waals surface area contributed by atoms with Crippen LogP contribution in [-0.4, -0.2) is 6.04 Å². The molecule has 0 spiro atoms. The number of aryl methyl sites for hydroxylation is 1. The third-order valence-electron chi connectivity index (χ3n) is 3.02. The number of hydrogen-bond donors (Lipinski definition) is 1. The second kappa shape index (κ2) is 7.75. The van der Waals surface area contributed by atoms with E-state index in [9.17, 15) is 0 Å². The van der Waals surface area contributed by atoms with Gasteiger partial charge in [-0.1, -0.05) is 38.7 Å². The van der Waals surface area contributed by atoms with E-state index < -0.39 is 0 Å². The van der Waals surface area contributed by atoms with Gasteiger partial charge >= 0.3 is 0 Å². The predicted octanol–water partition coefficient (Wildman–Crippen LogP) is 5.53. The van der Waals surface area contributed by atoms with Crippen LogP contribution in [0.1, 0.15) is 51.5 Å². The average Bonchev–Trinajstić information content (AvgIpc) is 2.28. The summed E-state index contributed by atoms with van der Waals surface area (Å²) in [4.78, 5) is 0. The summed E-state index contributed by atoms with van der Waals surface area (Å²) in [5.74, 6) is 0. The van der Waals surface area contributed by atoms with Gasteiger partial charge in [-0.3, -0.25) is 0 Å². The maximum Gasteiger partial charge on any atom is 0.0486 e. The lowest BCUT2D eigenvalue weighted by Gasteiger charge is -2.16. The van der Waals surface area contributed by atoms with E-state index in [1.807, 2.05) is 0 Å². The molecule has 1 N–H and O–H groups in total. The molecule has 0 aliphatic carbocycles. The Bertz CT molecular complexity index is 336. The molecule has 1 aromatic rings. The van der Waals surface area contributed by atoms with Crippen molar-refractivity contribution in [3.05, 3.63) is 28.2 Å². The molecule has 0 radical (unpaired) electrons. The Balaban J connectivity index is 2.37. The number of nitrogens with one attached hydrogen (secondary N) is 1. The SMILES string of the molecule is CCCCCCC(C)Nc1ccc(C)cc1Br. The summed E-state index contributed by atoms with van der Waals surface area (Å²) in [6.07, 6.45) is 6.61. The van der Waals surface area contributed by atoms with Crippen LogP contribution in [0.5, 0.6) is 0 Å². The van der Waals surface area contributed by atoms with Gasteiger partial charge in [-0.2, -0.15) is 0 Å². The largest absolute Gasteiger partial charge is 0.382 e. The highest BCUT2D eigenvalue weighted by Crippen LogP contribution is 2.24. The highest BCUT2D eigenvalue weighted by Gasteiger charge is 2.04. The Kier molecular flexibility index (Phi) is 6.64. The first-order chi connectivity index (χ1) is 8.13. The van der Waals surface area contributed by atoms with Crippen molar-refractivity contribution in [1.29, 1.82) is 0 Å². The molecular weight excluding hydrogens is 274 g/mol. The van der Waals surface area contributed by atoms with Gasteiger partial charge in [0, 0.05) is 16.2 Å². The summed E-state index contributed by atoms with van der Waals surface area (Å²) in [5, 5.41) is 3.57. The van der Waals surface area contributed by atoms with Crippen LogP contribution in [0.4, 0.5) is 5.69 Å². The van der Waals surface area contributed by atoms with Crippen LogP contribution < -0.4 is 5.32 Å². The van der Waals surface area contributed by atoms with E-state index in [1.165, 1.54) is 43.4 Å². The van der Waals surface area contributed by atoms with Gasteiger partial charge in [-0.15, -0.1) is 0 Å². The van der Waals surface area contributed by atoms with Crippen LogP contribution in [0.15, 0.2) is 22.7 Å². The van der Waals surface area contributed by atoms with Crippen LogP contribution in [0, 0.1) is 6.92 Å². The lowest BCUT2D eigenvalue weighted by Crippen LogP contribution is -2.15. The molecule has 0 saturated carbocycles. The lowest BCUT2D eigenvalue weighted by molar-refractivity contribution is 0.594. The lowest BCUT2D eigenvalue weighted by atomic mass is 10.1. The molecule has 1 rings (SSSR count). The molecule has 0 fully saturated rings. The van der Waals surface area contributed by atoms with Gasteiger partial charge in [0.15, 0.2) is 0 Å². The Morgan fingerprint density at radius 2 is 2.00 bits per heavy atom. The molecule has 2 heteroatoms. The molecule has 1 nitrogen and oxygen atoms in total. The molecule has 0 aliphatic rings. The molecular formula is C15H24BrN. The van der Waals surface area contributed by atoms with Crippen molar-refractivity contribution in [2.75, 3.05) is 5.32 Å². The monoisotopic (exact) mass is 297 g/mol. The van der Waals surface area contributed by atoms with E-state index in [1.54, 1.807) is 0 Å². The minimum Gasteiger partial charge on any atom is -0.382 e. The molecule has 0 aromatic heterocycles. The number of benzene rings is 1. The summed E-state index contributed by atoms with van der Waals surface area (Å²) in [5.41, 5.74) is 2.50. The van der Waals surface area contributed by atoms with E-state index in [0.29, 0.717) is 6.04 Å². The smallest absolute Gasteiger partial charge is 0.0486 e. The second-order valence-electron chi connectivity index (χ2n) is 4.88. The van der Waals surface area contributed by atoms with E-state index in [0.717, 1.165) is 4.47 Å². The van der Waals surface area contributed by atoms with Crippen molar-refractivity contribution < 1.29 is 0 Å². The van der Waals surface area contributed by atoms with Crippen molar-refractivity contribution in [3.63, 3.8) is 0 Å². The fourth-order valence-corrected chi connectivity index (χ4v) is 2.56. The molecule has 96 valence electrons.